The van der Waals surface area contributed by atoms with Gasteiger partial charge in [0.1, 0.15) is 0 Å². The molecule has 0 heterocycles. The molecule has 0 aromatic heterocycles. The summed E-state index contributed by atoms with van der Waals surface area (Å²) in [6.45, 7) is 10.8. The molecule has 2 aromatic rings. The fourth-order valence-corrected chi connectivity index (χ4v) is 3.14. The van der Waals surface area contributed by atoms with E-state index in [1.54, 1.807) is 6.21 Å². The molecule has 4 heteroatoms. The van der Waals surface area contributed by atoms with Gasteiger partial charge in [-0.25, -0.2) is 5.43 Å². The Labute approximate surface area is 163 Å². The number of hydrogen-bond acceptors (Lipinski definition) is 3. The summed E-state index contributed by atoms with van der Waals surface area (Å²) in [6.07, 6.45) is 2.67. The van der Waals surface area contributed by atoms with Crippen molar-refractivity contribution in [3.63, 3.8) is 0 Å². The molecule has 2 rings (SSSR count). The van der Waals surface area contributed by atoms with Crippen molar-refractivity contribution in [3.8, 4) is 0 Å². The number of benzene rings is 2. The van der Waals surface area contributed by atoms with Gasteiger partial charge in [0, 0.05) is 11.6 Å². The number of nitrogens with zero attached hydrogens (tertiary/aromatic N) is 2. The molecule has 4 nitrogen and oxygen atoms in total. The number of hydrazone groups is 1. The van der Waals surface area contributed by atoms with E-state index in [0.717, 1.165) is 12.0 Å². The maximum atomic E-state index is 12.2. The highest BCUT2D eigenvalue weighted by atomic mass is 16.2. The highest BCUT2D eigenvalue weighted by molar-refractivity contribution is 5.86. The number of hydrogen-bond donors (Lipinski definition) is 1. The van der Waals surface area contributed by atoms with Gasteiger partial charge in [-0.2, -0.15) is 5.10 Å². The van der Waals surface area contributed by atoms with Gasteiger partial charge in [0.05, 0.1) is 12.8 Å². The molecule has 2 aromatic carbocycles. The van der Waals surface area contributed by atoms with E-state index < -0.39 is 0 Å². The van der Waals surface area contributed by atoms with E-state index in [0.29, 0.717) is 6.54 Å². The molecule has 1 unspecified atom stereocenters. The maximum absolute atomic E-state index is 12.2. The topological polar surface area (TPSA) is 44.7 Å². The molecule has 144 valence electrons. The molecule has 0 aliphatic carbocycles. The highest BCUT2D eigenvalue weighted by Gasteiger charge is 2.13. The highest BCUT2D eigenvalue weighted by Crippen LogP contribution is 2.19. The monoisotopic (exact) mass is 365 g/mol. The van der Waals surface area contributed by atoms with E-state index >= 15 is 0 Å². The molecule has 0 fully saturated rings. The van der Waals surface area contributed by atoms with Crippen molar-refractivity contribution in [3.05, 3.63) is 69.8 Å². The Hall–Kier alpha value is -2.46. The van der Waals surface area contributed by atoms with Crippen LogP contribution in [0.2, 0.25) is 0 Å². The van der Waals surface area contributed by atoms with Crippen LogP contribution >= 0.6 is 0 Å². The lowest BCUT2D eigenvalue weighted by molar-refractivity contribution is -0.122. The average Bonchev–Trinajstić information content (AvgIpc) is 2.63. The van der Waals surface area contributed by atoms with Crippen LogP contribution in [0.15, 0.2) is 41.5 Å². The SMILES string of the molecule is Cc1cc(C)c(C)c(/C=N/NC(=O)CN(C)C(C)Cc2ccccc2)c1C. The van der Waals surface area contributed by atoms with Crippen molar-refractivity contribution in [2.75, 3.05) is 13.6 Å². The largest absolute Gasteiger partial charge is 0.294 e. The fourth-order valence-electron chi connectivity index (χ4n) is 3.14. The van der Waals surface area contributed by atoms with Crippen LogP contribution in [0.1, 0.15) is 40.3 Å². The Morgan fingerprint density at radius 3 is 2.30 bits per heavy atom. The first-order valence-corrected chi connectivity index (χ1v) is 9.43. The molecule has 0 saturated carbocycles. The van der Waals surface area contributed by atoms with E-state index in [9.17, 15) is 4.79 Å². The summed E-state index contributed by atoms with van der Waals surface area (Å²) < 4.78 is 0. The van der Waals surface area contributed by atoms with Gasteiger partial charge in [-0.15, -0.1) is 0 Å². The first-order chi connectivity index (χ1) is 12.8. The van der Waals surface area contributed by atoms with Gasteiger partial charge in [-0.05, 0) is 75.9 Å². The zero-order chi connectivity index (χ0) is 20.0. The van der Waals surface area contributed by atoms with Gasteiger partial charge in [-0.3, -0.25) is 9.69 Å². The molecule has 27 heavy (non-hydrogen) atoms. The number of amides is 1. The van der Waals surface area contributed by atoms with E-state index in [-0.39, 0.29) is 11.9 Å². The third-order valence-corrected chi connectivity index (χ3v) is 5.33. The Morgan fingerprint density at radius 2 is 1.70 bits per heavy atom. The maximum Gasteiger partial charge on any atom is 0.254 e. The Morgan fingerprint density at radius 1 is 1.11 bits per heavy atom. The van der Waals surface area contributed by atoms with Gasteiger partial charge in [0.2, 0.25) is 0 Å². The standard InChI is InChI=1S/C23H31N3O/c1-16-12-17(2)20(5)22(19(16)4)14-24-25-23(27)15-26(6)18(3)13-21-10-8-7-9-11-21/h7-12,14,18H,13,15H2,1-6H3,(H,25,27)/b24-14+. The van der Waals surface area contributed by atoms with E-state index in [4.69, 9.17) is 0 Å². The Kier molecular flexibility index (Phi) is 7.31. The summed E-state index contributed by atoms with van der Waals surface area (Å²) in [4.78, 5) is 14.3. The lowest BCUT2D eigenvalue weighted by Gasteiger charge is -2.23. The second kappa shape index (κ2) is 9.47. The van der Waals surface area contributed by atoms with Gasteiger partial charge in [0.25, 0.3) is 5.91 Å². The van der Waals surface area contributed by atoms with Crippen molar-refractivity contribution in [2.24, 2.45) is 5.10 Å². The minimum atomic E-state index is -0.103. The van der Waals surface area contributed by atoms with Crippen molar-refractivity contribution in [2.45, 2.75) is 47.1 Å². The van der Waals surface area contributed by atoms with Gasteiger partial charge in [0.15, 0.2) is 0 Å². The molecule has 0 spiro atoms. The molecule has 0 radical (unpaired) electrons. The Balaban J connectivity index is 1.91. The smallest absolute Gasteiger partial charge is 0.254 e. The molecular formula is C23H31N3O. The van der Waals surface area contributed by atoms with E-state index in [1.807, 2.05) is 30.1 Å². The molecule has 0 aliphatic rings. The van der Waals surface area contributed by atoms with Crippen LogP contribution < -0.4 is 5.43 Å². The first kappa shape index (κ1) is 20.8. The summed E-state index contributed by atoms with van der Waals surface area (Å²) in [5, 5.41) is 4.19. The number of carbonyl (C=O) groups is 1. The number of carbonyl (C=O) groups excluding carboxylic acids is 1. The van der Waals surface area contributed by atoms with Gasteiger partial charge < -0.3 is 0 Å². The third kappa shape index (κ3) is 5.76. The second-order valence-corrected chi connectivity index (χ2v) is 7.42. The van der Waals surface area contributed by atoms with Crippen LogP contribution in [0.3, 0.4) is 0 Å². The van der Waals surface area contributed by atoms with Crippen LogP contribution in [-0.4, -0.2) is 36.7 Å². The zero-order valence-electron chi connectivity index (χ0n) is 17.3. The van der Waals surface area contributed by atoms with E-state index in [2.05, 4.69) is 63.3 Å². The predicted molar refractivity (Wildman–Crippen MR) is 113 cm³/mol. The zero-order valence-corrected chi connectivity index (χ0v) is 17.3. The van der Waals surface area contributed by atoms with Crippen LogP contribution in [0.5, 0.6) is 0 Å². The first-order valence-electron chi connectivity index (χ1n) is 9.43. The van der Waals surface area contributed by atoms with Crippen LogP contribution in [0.4, 0.5) is 0 Å². The lowest BCUT2D eigenvalue weighted by Crippen LogP contribution is -2.39. The van der Waals surface area contributed by atoms with Crippen molar-refractivity contribution >= 4 is 12.1 Å². The number of rotatable bonds is 7. The molecule has 0 saturated heterocycles. The average molecular weight is 366 g/mol. The lowest BCUT2D eigenvalue weighted by atomic mass is 9.95. The van der Waals surface area contributed by atoms with E-state index in [1.165, 1.54) is 27.8 Å². The number of likely N-dealkylation sites (N-methyl/N-ethyl adjacent to an activating group) is 1. The minimum Gasteiger partial charge on any atom is -0.294 e. The summed E-state index contributed by atoms with van der Waals surface area (Å²) in [5.74, 6) is -0.103. The third-order valence-electron chi connectivity index (χ3n) is 5.33. The molecular weight excluding hydrogens is 334 g/mol. The van der Waals surface area contributed by atoms with Crippen LogP contribution in [-0.2, 0) is 11.2 Å². The molecule has 1 amide bonds. The minimum absolute atomic E-state index is 0.103. The number of nitrogens with one attached hydrogen (secondary N) is 1. The quantitative estimate of drug-likeness (QED) is 0.597. The summed E-state index contributed by atoms with van der Waals surface area (Å²) in [5.41, 5.74) is 9.89. The Bertz CT molecular complexity index is 786. The molecule has 0 bridgehead atoms. The summed E-state index contributed by atoms with van der Waals surface area (Å²) >= 11 is 0. The van der Waals surface area contributed by atoms with Crippen LogP contribution in [0.25, 0.3) is 0 Å². The van der Waals surface area contributed by atoms with Crippen LogP contribution in [0, 0.1) is 27.7 Å². The normalized spacial score (nSPS) is 12.6. The van der Waals surface area contributed by atoms with Crippen molar-refractivity contribution in [1.82, 2.24) is 10.3 Å². The molecule has 1 N–H and O–H groups in total. The van der Waals surface area contributed by atoms with Crippen molar-refractivity contribution in [1.29, 1.82) is 0 Å². The predicted octanol–water partition coefficient (Wildman–Crippen LogP) is 3.93. The van der Waals surface area contributed by atoms with Crippen molar-refractivity contribution < 1.29 is 4.79 Å². The number of aryl methyl sites for hydroxylation is 2. The van der Waals surface area contributed by atoms with Gasteiger partial charge >= 0.3 is 0 Å². The van der Waals surface area contributed by atoms with Gasteiger partial charge in [-0.1, -0.05) is 36.4 Å². The fraction of sp³-hybridized carbons (Fsp3) is 0.391. The molecule has 0 aliphatic heterocycles. The summed E-state index contributed by atoms with van der Waals surface area (Å²) in [7, 11) is 1.97. The summed E-state index contributed by atoms with van der Waals surface area (Å²) in [6, 6.07) is 12.8. The molecule has 1 atom stereocenters. The second-order valence-electron chi connectivity index (χ2n) is 7.42.